The molecule has 0 unspecified atom stereocenters. The van der Waals surface area contributed by atoms with Crippen molar-refractivity contribution >= 4 is 40.4 Å². The molecule has 0 saturated heterocycles. The highest BCUT2D eigenvalue weighted by Crippen LogP contribution is 2.35. The van der Waals surface area contributed by atoms with E-state index in [1.807, 2.05) is 56.3 Å². The van der Waals surface area contributed by atoms with Crippen LogP contribution >= 0.6 is 11.6 Å². The van der Waals surface area contributed by atoms with Gasteiger partial charge in [-0.2, -0.15) is 0 Å². The van der Waals surface area contributed by atoms with Crippen LogP contribution in [0.15, 0.2) is 72.4 Å². The number of carbonyl (C=O) groups excluding carboxylic acids is 2. The number of carbonyl (C=O) groups is 2. The summed E-state index contributed by atoms with van der Waals surface area (Å²) in [6, 6.07) is 20.5. The van der Waals surface area contributed by atoms with Crippen LogP contribution in [-0.4, -0.2) is 11.8 Å². The molecular weight excluding hydrogens is 420 g/mol. The van der Waals surface area contributed by atoms with Crippen molar-refractivity contribution in [1.82, 2.24) is 0 Å². The molecule has 0 atom stereocenters. The lowest BCUT2D eigenvalue weighted by molar-refractivity contribution is -0.120. The Bertz CT molecular complexity index is 1240. The van der Waals surface area contributed by atoms with Gasteiger partial charge in [-0.25, -0.2) is 4.90 Å². The van der Waals surface area contributed by atoms with Gasteiger partial charge in [0.25, 0.3) is 11.8 Å². The fourth-order valence-corrected chi connectivity index (χ4v) is 3.94. The normalized spacial score (nSPS) is 14.0. The molecule has 1 N–H and O–H groups in total. The SMILES string of the molecule is Cc1ccc(C2=C(Nc3ccc(C(C)C)cc3)C(=O)N(c3cccc(Cl)c3)C2=O)cc1C. The number of aryl methyl sites for hydroxylation is 2. The van der Waals surface area contributed by atoms with Gasteiger partial charge in [-0.1, -0.05) is 61.8 Å². The van der Waals surface area contributed by atoms with Crippen molar-refractivity contribution in [3.63, 3.8) is 0 Å². The van der Waals surface area contributed by atoms with Gasteiger partial charge in [-0.3, -0.25) is 9.59 Å². The zero-order valence-electron chi connectivity index (χ0n) is 18.6. The van der Waals surface area contributed by atoms with Crippen molar-refractivity contribution in [2.45, 2.75) is 33.6 Å². The predicted octanol–water partition coefficient (Wildman–Crippen LogP) is 6.48. The average molecular weight is 445 g/mol. The number of amides is 2. The first-order chi connectivity index (χ1) is 15.3. The van der Waals surface area contributed by atoms with E-state index in [1.54, 1.807) is 24.3 Å². The van der Waals surface area contributed by atoms with Crippen molar-refractivity contribution in [1.29, 1.82) is 0 Å². The summed E-state index contributed by atoms with van der Waals surface area (Å²) in [7, 11) is 0. The maximum atomic E-state index is 13.5. The van der Waals surface area contributed by atoms with Crippen molar-refractivity contribution in [3.05, 3.63) is 99.7 Å². The number of halogens is 1. The topological polar surface area (TPSA) is 49.4 Å². The van der Waals surface area contributed by atoms with Crippen LogP contribution in [0.25, 0.3) is 5.57 Å². The number of nitrogens with zero attached hydrogens (tertiary/aromatic N) is 1. The second-order valence-electron chi connectivity index (χ2n) is 8.38. The maximum absolute atomic E-state index is 13.5. The molecule has 3 aromatic carbocycles. The van der Waals surface area contributed by atoms with Gasteiger partial charge in [0.2, 0.25) is 0 Å². The average Bonchev–Trinajstić information content (AvgIpc) is 3.00. The Morgan fingerprint density at radius 3 is 2.19 bits per heavy atom. The predicted molar refractivity (Wildman–Crippen MR) is 131 cm³/mol. The highest BCUT2D eigenvalue weighted by atomic mass is 35.5. The maximum Gasteiger partial charge on any atom is 0.282 e. The van der Waals surface area contributed by atoms with Gasteiger partial charge in [0, 0.05) is 10.7 Å². The Morgan fingerprint density at radius 1 is 0.844 bits per heavy atom. The van der Waals surface area contributed by atoms with Crippen LogP contribution in [0.1, 0.15) is 42.0 Å². The standard InChI is InChI=1S/C27H25ClN2O2/c1-16(2)19-10-12-22(13-11-19)29-25-24(20-9-8-17(3)18(4)14-20)26(31)30(27(25)32)23-7-5-6-21(28)15-23/h5-16,29H,1-4H3. The number of nitrogens with one attached hydrogen (secondary N) is 1. The van der Waals surface area contributed by atoms with E-state index in [1.165, 1.54) is 10.5 Å². The molecule has 162 valence electrons. The summed E-state index contributed by atoms with van der Waals surface area (Å²) in [5, 5.41) is 3.68. The van der Waals surface area contributed by atoms with Crippen molar-refractivity contribution in [2.24, 2.45) is 0 Å². The molecule has 0 radical (unpaired) electrons. The second-order valence-corrected chi connectivity index (χ2v) is 8.81. The van der Waals surface area contributed by atoms with Gasteiger partial charge in [0.05, 0.1) is 11.3 Å². The number of hydrogen-bond acceptors (Lipinski definition) is 3. The van der Waals surface area contributed by atoms with E-state index in [0.717, 1.165) is 16.8 Å². The van der Waals surface area contributed by atoms with E-state index in [2.05, 4.69) is 19.2 Å². The Morgan fingerprint density at radius 2 is 1.56 bits per heavy atom. The minimum Gasteiger partial charge on any atom is -0.350 e. The number of rotatable bonds is 5. The third-order valence-electron chi connectivity index (χ3n) is 5.79. The monoisotopic (exact) mass is 444 g/mol. The van der Waals surface area contributed by atoms with Gasteiger partial charge in [-0.15, -0.1) is 0 Å². The van der Waals surface area contributed by atoms with Crippen molar-refractivity contribution in [2.75, 3.05) is 10.2 Å². The number of imide groups is 1. The highest BCUT2D eigenvalue weighted by molar-refractivity contribution is 6.46. The third-order valence-corrected chi connectivity index (χ3v) is 6.03. The molecule has 1 aliphatic heterocycles. The molecular formula is C27H25ClN2O2. The fourth-order valence-electron chi connectivity index (χ4n) is 3.76. The van der Waals surface area contributed by atoms with Crippen LogP contribution in [-0.2, 0) is 9.59 Å². The van der Waals surface area contributed by atoms with Crippen LogP contribution in [0.5, 0.6) is 0 Å². The molecule has 4 rings (SSSR count). The number of hydrogen-bond donors (Lipinski definition) is 1. The Hall–Kier alpha value is -3.37. The Kier molecular flexibility index (Phi) is 5.90. The van der Waals surface area contributed by atoms with Crippen molar-refractivity contribution in [3.8, 4) is 0 Å². The van der Waals surface area contributed by atoms with E-state index in [9.17, 15) is 9.59 Å². The molecule has 0 saturated carbocycles. The quantitative estimate of drug-likeness (QED) is 0.458. The van der Waals surface area contributed by atoms with Crippen LogP contribution in [0, 0.1) is 13.8 Å². The minimum atomic E-state index is -0.404. The zero-order chi connectivity index (χ0) is 23.0. The highest BCUT2D eigenvalue weighted by Gasteiger charge is 2.40. The van der Waals surface area contributed by atoms with E-state index in [0.29, 0.717) is 27.8 Å². The Labute approximate surface area is 193 Å². The molecule has 0 bridgehead atoms. The molecule has 3 aromatic rings. The van der Waals surface area contributed by atoms with E-state index >= 15 is 0 Å². The molecule has 32 heavy (non-hydrogen) atoms. The lowest BCUT2D eigenvalue weighted by atomic mass is 9.99. The molecule has 0 spiro atoms. The van der Waals surface area contributed by atoms with Gasteiger partial charge in [0.1, 0.15) is 5.70 Å². The summed E-state index contributed by atoms with van der Waals surface area (Å²) in [5.41, 5.74) is 5.89. The molecule has 0 aromatic heterocycles. The summed E-state index contributed by atoms with van der Waals surface area (Å²) in [4.78, 5) is 28.2. The summed E-state index contributed by atoms with van der Waals surface area (Å²) in [5.74, 6) is -0.373. The molecule has 1 aliphatic rings. The lowest BCUT2D eigenvalue weighted by Gasteiger charge is -2.16. The first-order valence-corrected chi connectivity index (χ1v) is 11.0. The summed E-state index contributed by atoms with van der Waals surface area (Å²) in [6.07, 6.45) is 0. The molecule has 0 aliphatic carbocycles. The van der Waals surface area contributed by atoms with Crippen LogP contribution in [0.2, 0.25) is 5.02 Å². The smallest absolute Gasteiger partial charge is 0.282 e. The first-order valence-electron chi connectivity index (χ1n) is 10.6. The van der Waals surface area contributed by atoms with Gasteiger partial charge < -0.3 is 5.32 Å². The molecule has 2 amide bonds. The Balaban J connectivity index is 1.81. The van der Waals surface area contributed by atoms with Crippen LogP contribution in [0.4, 0.5) is 11.4 Å². The third kappa shape index (κ3) is 4.06. The molecule has 5 heteroatoms. The van der Waals surface area contributed by atoms with Gasteiger partial charge in [0.15, 0.2) is 0 Å². The summed E-state index contributed by atoms with van der Waals surface area (Å²) >= 11 is 6.14. The van der Waals surface area contributed by atoms with Crippen LogP contribution < -0.4 is 10.2 Å². The zero-order valence-corrected chi connectivity index (χ0v) is 19.3. The number of benzene rings is 3. The molecule has 4 nitrogen and oxygen atoms in total. The van der Waals surface area contributed by atoms with E-state index < -0.39 is 5.91 Å². The van der Waals surface area contributed by atoms with E-state index in [4.69, 9.17) is 11.6 Å². The van der Waals surface area contributed by atoms with Gasteiger partial charge >= 0.3 is 0 Å². The molecule has 1 heterocycles. The van der Waals surface area contributed by atoms with E-state index in [-0.39, 0.29) is 11.6 Å². The fraction of sp³-hybridized carbons (Fsp3) is 0.185. The number of anilines is 2. The van der Waals surface area contributed by atoms with Crippen LogP contribution in [0.3, 0.4) is 0 Å². The lowest BCUT2D eigenvalue weighted by Crippen LogP contribution is -2.32. The second kappa shape index (κ2) is 8.64. The van der Waals surface area contributed by atoms with Crippen molar-refractivity contribution < 1.29 is 9.59 Å². The summed E-state index contributed by atoms with van der Waals surface area (Å²) < 4.78 is 0. The first kappa shape index (κ1) is 21.8. The largest absolute Gasteiger partial charge is 0.350 e. The van der Waals surface area contributed by atoms with Gasteiger partial charge in [-0.05, 0) is 72.4 Å². The molecule has 0 fully saturated rings. The summed E-state index contributed by atoms with van der Waals surface area (Å²) in [6.45, 7) is 8.27. The minimum absolute atomic E-state index is 0.260.